The van der Waals surface area contributed by atoms with Crippen molar-refractivity contribution in [1.29, 1.82) is 0 Å². The van der Waals surface area contributed by atoms with Gasteiger partial charge in [-0.1, -0.05) is 29.5 Å². The number of para-hydroxylation sites is 1. The molecule has 0 spiro atoms. The minimum atomic E-state index is -0.329. The molecular formula is C13H10N2O3S. The Labute approximate surface area is 111 Å². The maximum Gasteiger partial charge on any atom is 0.307 e. The highest BCUT2D eigenvalue weighted by Gasteiger charge is 2.10. The second kappa shape index (κ2) is 4.40. The topological polar surface area (TPSA) is 85.9 Å². The first-order valence-corrected chi connectivity index (χ1v) is 6.47. The van der Waals surface area contributed by atoms with E-state index in [0.717, 1.165) is 22.2 Å². The minimum absolute atomic E-state index is 0.164. The van der Waals surface area contributed by atoms with Gasteiger partial charge in [-0.2, -0.15) is 0 Å². The van der Waals surface area contributed by atoms with Gasteiger partial charge >= 0.3 is 4.87 Å². The van der Waals surface area contributed by atoms with E-state index in [1.54, 1.807) is 6.07 Å². The summed E-state index contributed by atoms with van der Waals surface area (Å²) in [5.41, 5.74) is 1.07. The number of benzene rings is 1. The number of fused-ring (bicyclic) bond motifs is 1. The molecule has 3 aromatic rings. The quantitative estimate of drug-likeness (QED) is 0.663. The lowest BCUT2D eigenvalue weighted by molar-refractivity contribution is 0.451. The van der Waals surface area contributed by atoms with Crippen LogP contribution in [0, 0.1) is 0 Å². The molecule has 0 aliphatic rings. The lowest BCUT2D eigenvalue weighted by atomic mass is 10.1. The molecular weight excluding hydrogens is 264 g/mol. The van der Waals surface area contributed by atoms with Crippen molar-refractivity contribution < 1.29 is 5.11 Å². The van der Waals surface area contributed by atoms with Crippen LogP contribution >= 0.6 is 11.3 Å². The van der Waals surface area contributed by atoms with Crippen LogP contribution in [0.3, 0.4) is 0 Å². The number of H-pyrrole nitrogens is 2. The molecule has 2 heterocycles. The summed E-state index contributed by atoms with van der Waals surface area (Å²) in [6.07, 6.45) is 0.232. The van der Waals surface area contributed by atoms with Gasteiger partial charge in [0.05, 0.1) is 4.88 Å². The molecule has 0 fully saturated rings. The Morgan fingerprint density at radius 2 is 1.95 bits per heavy atom. The van der Waals surface area contributed by atoms with Gasteiger partial charge < -0.3 is 10.1 Å². The van der Waals surface area contributed by atoms with Gasteiger partial charge in [-0.05, 0) is 17.5 Å². The molecule has 0 aliphatic carbocycles. The zero-order valence-electron chi connectivity index (χ0n) is 9.77. The SMILES string of the molecule is O=c1[nH]c(O)c(Cc2cc3ccccc3[nH]c2=O)s1. The number of thiazole rings is 1. The van der Waals surface area contributed by atoms with Crippen molar-refractivity contribution in [2.75, 3.05) is 0 Å². The summed E-state index contributed by atoms with van der Waals surface area (Å²) in [6, 6.07) is 9.23. The first-order valence-electron chi connectivity index (χ1n) is 5.65. The normalized spacial score (nSPS) is 10.9. The highest BCUT2D eigenvalue weighted by molar-refractivity contribution is 7.09. The number of hydrogen-bond donors (Lipinski definition) is 3. The third kappa shape index (κ3) is 2.17. The van der Waals surface area contributed by atoms with E-state index in [9.17, 15) is 14.7 Å². The third-order valence-corrected chi connectivity index (χ3v) is 3.75. The van der Waals surface area contributed by atoms with Crippen molar-refractivity contribution in [3.05, 3.63) is 60.8 Å². The zero-order chi connectivity index (χ0) is 13.4. The summed E-state index contributed by atoms with van der Waals surface area (Å²) in [7, 11) is 0. The predicted octanol–water partition coefficient (Wildman–Crippen LogP) is 1.57. The predicted molar refractivity (Wildman–Crippen MR) is 74.0 cm³/mol. The molecule has 0 saturated heterocycles. The van der Waals surface area contributed by atoms with Gasteiger partial charge in [0, 0.05) is 17.5 Å². The van der Waals surface area contributed by atoms with Crippen molar-refractivity contribution in [2.24, 2.45) is 0 Å². The van der Waals surface area contributed by atoms with Gasteiger partial charge in [-0.3, -0.25) is 14.6 Å². The smallest absolute Gasteiger partial charge is 0.307 e. The third-order valence-electron chi connectivity index (χ3n) is 2.88. The van der Waals surface area contributed by atoms with Crippen molar-refractivity contribution in [3.8, 4) is 5.88 Å². The summed E-state index contributed by atoms with van der Waals surface area (Å²) in [5.74, 6) is -0.164. The van der Waals surface area contributed by atoms with E-state index in [1.165, 1.54) is 0 Å². The molecule has 0 saturated carbocycles. The van der Waals surface area contributed by atoms with Crippen LogP contribution in [0.15, 0.2) is 39.9 Å². The van der Waals surface area contributed by atoms with E-state index in [4.69, 9.17) is 0 Å². The van der Waals surface area contributed by atoms with E-state index in [1.807, 2.05) is 24.3 Å². The summed E-state index contributed by atoms with van der Waals surface area (Å²) >= 11 is 0.909. The standard InChI is InChI=1S/C13H10N2O3S/c16-11-8(6-10-12(17)15-13(18)19-10)5-7-3-1-2-4-9(7)14-11/h1-5,17H,6H2,(H,14,16)(H,15,18). The molecule has 0 amide bonds. The lowest BCUT2D eigenvalue weighted by Gasteiger charge is -2.02. The van der Waals surface area contributed by atoms with Crippen LogP contribution in [0.2, 0.25) is 0 Å². The monoisotopic (exact) mass is 274 g/mol. The van der Waals surface area contributed by atoms with Gasteiger partial charge in [0.25, 0.3) is 5.56 Å². The number of aromatic amines is 2. The van der Waals surface area contributed by atoms with Crippen LogP contribution in [0.4, 0.5) is 0 Å². The molecule has 19 heavy (non-hydrogen) atoms. The van der Waals surface area contributed by atoms with Crippen molar-refractivity contribution in [1.82, 2.24) is 9.97 Å². The highest BCUT2D eigenvalue weighted by atomic mass is 32.1. The second-order valence-corrected chi connectivity index (χ2v) is 5.24. The highest BCUT2D eigenvalue weighted by Crippen LogP contribution is 2.20. The van der Waals surface area contributed by atoms with Crippen LogP contribution < -0.4 is 10.4 Å². The Bertz CT molecular complexity index is 860. The summed E-state index contributed by atoms with van der Waals surface area (Å²) in [6.45, 7) is 0. The lowest BCUT2D eigenvalue weighted by Crippen LogP contribution is -2.12. The largest absolute Gasteiger partial charge is 0.494 e. The molecule has 3 rings (SSSR count). The Kier molecular flexibility index (Phi) is 2.72. The Morgan fingerprint density at radius 3 is 2.68 bits per heavy atom. The van der Waals surface area contributed by atoms with Gasteiger partial charge in [0.15, 0.2) is 0 Å². The number of pyridine rings is 1. The Balaban J connectivity index is 2.10. The fourth-order valence-electron chi connectivity index (χ4n) is 1.97. The molecule has 6 heteroatoms. The number of hydrogen-bond acceptors (Lipinski definition) is 4. The number of nitrogens with one attached hydrogen (secondary N) is 2. The maximum absolute atomic E-state index is 11.9. The van der Waals surface area contributed by atoms with Crippen molar-refractivity contribution >= 4 is 22.2 Å². The molecule has 5 nitrogen and oxygen atoms in total. The molecule has 0 radical (unpaired) electrons. The minimum Gasteiger partial charge on any atom is -0.494 e. The second-order valence-electron chi connectivity index (χ2n) is 4.17. The molecule has 3 N–H and O–H groups in total. The zero-order valence-corrected chi connectivity index (χ0v) is 10.6. The molecule has 0 bridgehead atoms. The van der Waals surface area contributed by atoms with Crippen LogP contribution in [-0.4, -0.2) is 15.1 Å². The van der Waals surface area contributed by atoms with Gasteiger partial charge in [-0.15, -0.1) is 0 Å². The maximum atomic E-state index is 11.9. The van der Waals surface area contributed by atoms with E-state index >= 15 is 0 Å². The summed E-state index contributed by atoms with van der Waals surface area (Å²) in [4.78, 5) is 28.3. The number of aromatic nitrogens is 2. The first kappa shape index (κ1) is 11.7. The van der Waals surface area contributed by atoms with Crippen LogP contribution in [0.1, 0.15) is 10.4 Å². The Morgan fingerprint density at radius 1 is 1.16 bits per heavy atom. The van der Waals surface area contributed by atoms with E-state index in [0.29, 0.717) is 10.4 Å². The fraction of sp³-hybridized carbons (Fsp3) is 0.0769. The van der Waals surface area contributed by atoms with Gasteiger partial charge in [0.1, 0.15) is 0 Å². The molecule has 96 valence electrons. The van der Waals surface area contributed by atoms with Crippen LogP contribution in [0.25, 0.3) is 10.9 Å². The van der Waals surface area contributed by atoms with Gasteiger partial charge in [-0.25, -0.2) is 0 Å². The number of aromatic hydroxyl groups is 1. The van der Waals surface area contributed by atoms with E-state index in [-0.39, 0.29) is 22.7 Å². The van der Waals surface area contributed by atoms with Crippen LogP contribution in [0.5, 0.6) is 5.88 Å². The molecule has 0 aliphatic heterocycles. The summed E-state index contributed by atoms with van der Waals surface area (Å²) < 4.78 is 0. The molecule has 2 aromatic heterocycles. The van der Waals surface area contributed by atoms with E-state index < -0.39 is 0 Å². The first-order chi connectivity index (χ1) is 9.13. The van der Waals surface area contributed by atoms with Gasteiger partial charge in [0.2, 0.25) is 5.88 Å². The number of rotatable bonds is 2. The molecule has 0 atom stereocenters. The van der Waals surface area contributed by atoms with Crippen molar-refractivity contribution in [2.45, 2.75) is 6.42 Å². The van der Waals surface area contributed by atoms with Crippen LogP contribution in [-0.2, 0) is 6.42 Å². The average Bonchev–Trinajstić information content (AvgIpc) is 2.69. The molecule has 0 unspecified atom stereocenters. The summed E-state index contributed by atoms with van der Waals surface area (Å²) in [5, 5.41) is 10.5. The molecule has 1 aromatic carbocycles. The van der Waals surface area contributed by atoms with Crippen molar-refractivity contribution in [3.63, 3.8) is 0 Å². The van der Waals surface area contributed by atoms with E-state index in [2.05, 4.69) is 9.97 Å². The Hall–Kier alpha value is -2.34. The fourth-order valence-corrected chi connectivity index (χ4v) is 2.72. The average molecular weight is 274 g/mol.